The molecule has 1 aliphatic rings. The molecule has 0 radical (unpaired) electrons. The third-order valence-electron chi connectivity index (χ3n) is 7.65. The Hall–Kier alpha value is -4.06. The van der Waals surface area contributed by atoms with Crippen LogP contribution in [0, 0.1) is 11.3 Å². The summed E-state index contributed by atoms with van der Waals surface area (Å²) in [6.07, 6.45) is 4.14. The SMILES string of the molecule is CCOC(=O)CN1CC(n2nc(Cc3nc4cc(OCC(F)F)c(C#N)cc4n3COCCS(C)(C)C)c3ccccc3c2=O)C1. The largest absolute Gasteiger partial charge is 0.486 e. The van der Waals surface area contributed by atoms with Crippen LogP contribution < -0.4 is 10.3 Å². The number of carbonyl (C=O) groups is 1. The summed E-state index contributed by atoms with van der Waals surface area (Å²) in [6, 6.07) is 12.1. The van der Waals surface area contributed by atoms with E-state index in [9.17, 15) is 23.6 Å². The van der Waals surface area contributed by atoms with E-state index in [4.69, 9.17) is 24.3 Å². The Labute approximate surface area is 267 Å². The summed E-state index contributed by atoms with van der Waals surface area (Å²) < 4.78 is 45.6. The van der Waals surface area contributed by atoms with Crippen molar-refractivity contribution in [2.24, 2.45) is 0 Å². The number of ether oxygens (including phenoxy) is 3. The number of benzene rings is 2. The van der Waals surface area contributed by atoms with Gasteiger partial charge in [-0.3, -0.25) is 14.5 Å². The standard InChI is InChI=1S/C32H38F2N6O5S/c1-5-44-31(41)18-38-16-22(17-38)40-32(42)24-9-7-6-8-23(24)25(37-40)14-30-36-26-13-28(45-19-29(33)34)21(15-35)12-27(26)39(30)20-43-10-11-46(2,3)4/h6-9,12-13,22,29H,5,10-11,14,16-20H2,1-4H3. The van der Waals surface area contributed by atoms with E-state index < -0.39 is 23.1 Å². The predicted octanol–water partition coefficient (Wildman–Crippen LogP) is 3.94. The number of halogens is 2. The molecule has 5 rings (SSSR count). The summed E-state index contributed by atoms with van der Waals surface area (Å²) in [5.41, 5.74) is 1.54. The van der Waals surface area contributed by atoms with Gasteiger partial charge in [-0.05, 0) is 37.8 Å². The average Bonchev–Trinajstić information content (AvgIpc) is 3.32. The molecule has 3 heterocycles. The van der Waals surface area contributed by atoms with Crippen molar-refractivity contribution in [1.29, 1.82) is 5.26 Å². The molecule has 0 aliphatic carbocycles. The first-order chi connectivity index (χ1) is 22.0. The maximum Gasteiger partial charge on any atom is 0.320 e. The van der Waals surface area contributed by atoms with Gasteiger partial charge in [-0.2, -0.15) is 10.4 Å². The Bertz CT molecular complexity index is 1820. The van der Waals surface area contributed by atoms with Crippen LogP contribution >= 0.6 is 10.0 Å². The van der Waals surface area contributed by atoms with Crippen molar-refractivity contribution in [2.75, 3.05) is 64.0 Å². The van der Waals surface area contributed by atoms with E-state index in [1.807, 2.05) is 27.7 Å². The Morgan fingerprint density at radius 1 is 1.17 bits per heavy atom. The zero-order valence-electron chi connectivity index (χ0n) is 26.4. The molecule has 246 valence electrons. The molecule has 0 amide bonds. The number of rotatable bonds is 14. The van der Waals surface area contributed by atoms with Crippen LogP contribution in [0.15, 0.2) is 41.2 Å². The number of nitriles is 1. The highest BCUT2D eigenvalue weighted by Gasteiger charge is 2.32. The predicted molar refractivity (Wildman–Crippen MR) is 173 cm³/mol. The molecular formula is C32H38F2N6O5S. The number of imidazole rings is 1. The zero-order valence-corrected chi connectivity index (χ0v) is 27.2. The molecule has 4 aromatic rings. The molecule has 1 fully saturated rings. The van der Waals surface area contributed by atoms with Crippen LogP contribution in [0.2, 0.25) is 0 Å². The average molecular weight is 657 g/mol. The first-order valence-corrected chi connectivity index (χ1v) is 18.0. The summed E-state index contributed by atoms with van der Waals surface area (Å²) in [5, 5.41) is 15.8. The number of fused-ring (bicyclic) bond motifs is 2. The van der Waals surface area contributed by atoms with Gasteiger partial charge in [0.05, 0.1) is 59.9 Å². The maximum absolute atomic E-state index is 13.5. The van der Waals surface area contributed by atoms with Gasteiger partial charge in [-0.1, -0.05) is 18.2 Å². The Kier molecular flexibility index (Phi) is 10.2. The molecule has 0 atom stereocenters. The minimum Gasteiger partial charge on any atom is -0.486 e. The summed E-state index contributed by atoms with van der Waals surface area (Å²) >= 11 is 0. The lowest BCUT2D eigenvalue weighted by Gasteiger charge is -2.38. The quantitative estimate of drug-likeness (QED) is 0.147. The molecule has 46 heavy (non-hydrogen) atoms. The second-order valence-corrected chi connectivity index (χ2v) is 16.6. The summed E-state index contributed by atoms with van der Waals surface area (Å²) in [5.74, 6) is 1.18. The van der Waals surface area contributed by atoms with Gasteiger partial charge in [-0.15, -0.1) is 0 Å². The van der Waals surface area contributed by atoms with E-state index >= 15 is 0 Å². The molecule has 0 N–H and O–H groups in total. The van der Waals surface area contributed by atoms with Gasteiger partial charge in [0, 0.05) is 30.3 Å². The van der Waals surface area contributed by atoms with E-state index in [-0.39, 0.29) is 48.6 Å². The molecule has 14 heteroatoms. The van der Waals surface area contributed by atoms with Crippen LogP contribution in [0.25, 0.3) is 21.8 Å². The zero-order chi connectivity index (χ0) is 33.0. The fourth-order valence-corrected chi connectivity index (χ4v) is 5.94. The third-order valence-corrected chi connectivity index (χ3v) is 9.04. The number of hydrogen-bond acceptors (Lipinski definition) is 9. The van der Waals surface area contributed by atoms with Crippen LogP contribution in [0.3, 0.4) is 0 Å². The molecule has 2 aromatic carbocycles. The van der Waals surface area contributed by atoms with Gasteiger partial charge in [0.1, 0.15) is 31.0 Å². The third kappa shape index (κ3) is 7.66. The topological polar surface area (TPSA) is 125 Å². The number of likely N-dealkylation sites (tertiary alicyclic amines) is 1. The maximum atomic E-state index is 13.5. The summed E-state index contributed by atoms with van der Waals surface area (Å²) in [6.45, 7) is 2.98. The second kappa shape index (κ2) is 14.1. The molecule has 1 aliphatic heterocycles. The lowest BCUT2D eigenvalue weighted by Crippen LogP contribution is -2.52. The molecular weight excluding hydrogens is 618 g/mol. The molecule has 0 bridgehead atoms. The van der Waals surface area contributed by atoms with E-state index in [1.54, 1.807) is 25.1 Å². The van der Waals surface area contributed by atoms with Crippen molar-refractivity contribution in [2.45, 2.75) is 32.5 Å². The van der Waals surface area contributed by atoms with Crippen LogP contribution in [0.1, 0.15) is 30.0 Å². The first-order valence-electron chi connectivity index (χ1n) is 14.9. The van der Waals surface area contributed by atoms with Crippen LogP contribution in [0.4, 0.5) is 8.78 Å². The van der Waals surface area contributed by atoms with Crippen LogP contribution in [-0.4, -0.2) is 101 Å². The normalized spacial score (nSPS) is 14.5. The monoisotopic (exact) mass is 656 g/mol. The molecule has 0 saturated carbocycles. The van der Waals surface area contributed by atoms with Crippen molar-refractivity contribution in [3.8, 4) is 11.8 Å². The lowest BCUT2D eigenvalue weighted by molar-refractivity contribution is -0.146. The van der Waals surface area contributed by atoms with Crippen molar-refractivity contribution in [1.82, 2.24) is 24.2 Å². The highest BCUT2D eigenvalue weighted by molar-refractivity contribution is 8.32. The number of esters is 1. The molecule has 2 aromatic heterocycles. The number of hydrogen-bond donors (Lipinski definition) is 0. The Balaban J connectivity index is 1.52. The minimum atomic E-state index is -2.70. The van der Waals surface area contributed by atoms with Crippen LogP contribution in [0.5, 0.6) is 5.75 Å². The number of nitrogens with zero attached hydrogens (tertiary/aromatic N) is 6. The fourth-order valence-electron chi connectivity index (χ4n) is 5.32. The Morgan fingerprint density at radius 3 is 2.59 bits per heavy atom. The smallest absolute Gasteiger partial charge is 0.320 e. The van der Waals surface area contributed by atoms with Crippen molar-refractivity contribution in [3.05, 3.63) is 63.8 Å². The van der Waals surface area contributed by atoms with Gasteiger partial charge in [0.25, 0.3) is 12.0 Å². The van der Waals surface area contributed by atoms with Crippen LogP contribution in [-0.2, 0) is 27.4 Å². The fraction of sp³-hybridized carbons (Fsp3) is 0.469. The molecule has 11 nitrogen and oxygen atoms in total. The van der Waals surface area contributed by atoms with E-state index in [0.29, 0.717) is 59.6 Å². The molecule has 0 unspecified atom stereocenters. The van der Waals surface area contributed by atoms with Gasteiger partial charge in [-0.25, -0.2) is 28.5 Å². The van der Waals surface area contributed by atoms with Gasteiger partial charge >= 0.3 is 5.97 Å². The van der Waals surface area contributed by atoms with E-state index in [0.717, 1.165) is 5.75 Å². The van der Waals surface area contributed by atoms with Gasteiger partial charge in [0.15, 0.2) is 0 Å². The van der Waals surface area contributed by atoms with E-state index in [2.05, 4.69) is 18.8 Å². The lowest BCUT2D eigenvalue weighted by atomic mass is 10.1. The van der Waals surface area contributed by atoms with Crippen molar-refractivity contribution < 1.29 is 27.8 Å². The first kappa shape index (κ1) is 33.3. The number of alkyl halides is 2. The molecule has 0 spiro atoms. The second-order valence-electron chi connectivity index (χ2n) is 12.0. The number of aromatic nitrogens is 4. The van der Waals surface area contributed by atoms with Gasteiger partial charge in [0.2, 0.25) is 0 Å². The molecule has 1 saturated heterocycles. The number of carbonyl (C=O) groups excluding carboxylic acids is 1. The van der Waals surface area contributed by atoms with Gasteiger partial charge < -0.3 is 18.8 Å². The van der Waals surface area contributed by atoms with Crippen molar-refractivity contribution >= 4 is 37.8 Å². The highest BCUT2D eigenvalue weighted by Crippen LogP contribution is 2.34. The van der Waals surface area contributed by atoms with Crippen molar-refractivity contribution in [3.63, 3.8) is 0 Å². The summed E-state index contributed by atoms with van der Waals surface area (Å²) in [7, 11) is -0.790. The van der Waals surface area contributed by atoms with E-state index in [1.165, 1.54) is 10.7 Å². The minimum absolute atomic E-state index is 0.0261. The highest BCUT2D eigenvalue weighted by atomic mass is 32.3. The summed E-state index contributed by atoms with van der Waals surface area (Å²) in [4.78, 5) is 32.2. The Morgan fingerprint density at radius 2 is 1.91 bits per heavy atom.